The fraction of sp³-hybridized carbons (Fsp3) is 0.244. The van der Waals surface area contributed by atoms with E-state index in [1.165, 1.54) is 11.3 Å². The molecule has 0 radical (unpaired) electrons. The van der Waals surface area contributed by atoms with Crippen LogP contribution >= 0.6 is 11.3 Å². The zero-order chi connectivity index (χ0) is 40.1. The van der Waals surface area contributed by atoms with E-state index in [-0.39, 0.29) is 44.9 Å². The number of benzene rings is 4. The summed E-state index contributed by atoms with van der Waals surface area (Å²) in [5.74, 6) is -4.95. The van der Waals surface area contributed by atoms with Crippen molar-refractivity contribution in [3.63, 3.8) is 0 Å². The summed E-state index contributed by atoms with van der Waals surface area (Å²) in [5, 5.41) is 23.3. The summed E-state index contributed by atoms with van der Waals surface area (Å²) in [6, 6.07) is 33.4. The highest BCUT2D eigenvalue weighted by molar-refractivity contribution is 7.09. The molecule has 5 N–H and O–H groups in total. The number of carboxylic acid groups (broad SMARTS) is 1. The number of aliphatic carboxylic acids is 1. The molecule has 11 nitrogen and oxygen atoms in total. The van der Waals surface area contributed by atoms with Crippen LogP contribution in [0.3, 0.4) is 0 Å². The van der Waals surface area contributed by atoms with Gasteiger partial charge in [0.05, 0.1) is 12.0 Å². The molecule has 0 unspecified atom stereocenters. The van der Waals surface area contributed by atoms with Gasteiger partial charge in [0.1, 0.15) is 12.1 Å². The number of carbonyl (C=O) groups is 6. The fourth-order valence-electron chi connectivity index (χ4n) is 6.75. The van der Waals surface area contributed by atoms with E-state index in [0.29, 0.717) is 11.3 Å². The Balaban J connectivity index is 1.34. The molecule has 7 rings (SSSR count). The average molecular weight is 785 g/mol. The van der Waals surface area contributed by atoms with Crippen LogP contribution in [0.2, 0.25) is 0 Å². The molecule has 0 fully saturated rings. The lowest BCUT2D eigenvalue weighted by atomic mass is 9.90. The lowest BCUT2D eigenvalue weighted by Gasteiger charge is -2.26. The average Bonchev–Trinajstić information content (AvgIpc) is 3.73. The Kier molecular flexibility index (Phi) is 13.7. The van der Waals surface area contributed by atoms with E-state index in [0.717, 1.165) is 27.1 Å². The second kappa shape index (κ2) is 19.5. The second-order valence-corrected chi connectivity index (χ2v) is 15.2. The quantitative estimate of drug-likeness (QED) is 0.129. The lowest BCUT2D eigenvalue weighted by molar-refractivity contribution is -0.144. The SMILES string of the molecule is O=C1CCC(=O)N[C@@H](Cc2cccs2)C(=O)N[C@H](Cc2ccc(-c3ccccc3)cc2)C(=O)N[C@@H](Cc2ccccc2)C(=O)C[C@@H](C(=O)O)Cc2ccc(cc2)N1. The van der Waals surface area contributed by atoms with Crippen molar-refractivity contribution in [2.45, 2.75) is 63.1 Å². The molecule has 57 heavy (non-hydrogen) atoms. The number of carbonyl (C=O) groups excluding carboxylic acids is 5. The number of Topliss-reactive ketones (excluding diaryl/α,β-unsaturated/α-hetero) is 1. The van der Waals surface area contributed by atoms with Gasteiger partial charge in [-0.3, -0.25) is 28.8 Å². The number of thiophene rings is 1. The van der Waals surface area contributed by atoms with E-state index in [9.17, 15) is 33.9 Å². The number of rotatable bonds is 8. The number of amides is 4. The first-order valence-electron chi connectivity index (χ1n) is 18.8. The van der Waals surface area contributed by atoms with Crippen molar-refractivity contribution < 1.29 is 33.9 Å². The molecule has 292 valence electrons. The summed E-state index contributed by atoms with van der Waals surface area (Å²) in [6.07, 6.45) is -0.402. The summed E-state index contributed by atoms with van der Waals surface area (Å²) in [5.41, 5.74) is 4.55. The van der Waals surface area contributed by atoms with E-state index in [1.807, 2.05) is 102 Å². The highest BCUT2D eigenvalue weighted by Gasteiger charge is 2.32. The molecule has 5 aromatic rings. The largest absolute Gasteiger partial charge is 0.481 e. The van der Waals surface area contributed by atoms with Crippen molar-refractivity contribution in [1.82, 2.24) is 16.0 Å². The maximum absolute atomic E-state index is 14.4. The van der Waals surface area contributed by atoms with Gasteiger partial charge < -0.3 is 26.4 Å². The van der Waals surface area contributed by atoms with Gasteiger partial charge in [0.25, 0.3) is 0 Å². The summed E-state index contributed by atoms with van der Waals surface area (Å²) in [7, 11) is 0. The Hall–Kier alpha value is -6.40. The van der Waals surface area contributed by atoms with Gasteiger partial charge in [-0.2, -0.15) is 0 Å². The molecule has 4 aromatic carbocycles. The number of hydrogen-bond acceptors (Lipinski definition) is 7. The van der Waals surface area contributed by atoms with Crippen LogP contribution in [0.1, 0.15) is 40.8 Å². The molecule has 2 aliphatic heterocycles. The first kappa shape index (κ1) is 40.3. The molecule has 2 aliphatic rings. The van der Waals surface area contributed by atoms with Crippen molar-refractivity contribution in [2.24, 2.45) is 5.92 Å². The third kappa shape index (κ3) is 11.8. The van der Waals surface area contributed by atoms with Gasteiger partial charge in [-0.1, -0.05) is 103 Å². The van der Waals surface area contributed by atoms with E-state index in [4.69, 9.17) is 0 Å². The number of ketones is 1. The fourth-order valence-corrected chi connectivity index (χ4v) is 7.50. The number of anilines is 1. The number of carboxylic acids is 1. The van der Waals surface area contributed by atoms with Crippen LogP contribution in [0.5, 0.6) is 0 Å². The monoisotopic (exact) mass is 784 g/mol. The first-order valence-corrected chi connectivity index (χ1v) is 19.7. The molecule has 0 spiro atoms. The van der Waals surface area contributed by atoms with Gasteiger partial charge in [0.15, 0.2) is 5.78 Å². The highest BCUT2D eigenvalue weighted by Crippen LogP contribution is 2.22. The van der Waals surface area contributed by atoms with Crippen LogP contribution in [0.15, 0.2) is 127 Å². The minimum Gasteiger partial charge on any atom is -0.481 e. The zero-order valence-electron chi connectivity index (χ0n) is 31.2. The second-order valence-electron chi connectivity index (χ2n) is 14.1. The van der Waals surface area contributed by atoms with E-state index < -0.39 is 59.4 Å². The van der Waals surface area contributed by atoms with Gasteiger partial charge in [-0.15, -0.1) is 11.3 Å². The maximum Gasteiger partial charge on any atom is 0.307 e. The van der Waals surface area contributed by atoms with Crippen LogP contribution in [-0.4, -0.2) is 58.6 Å². The molecule has 0 aliphatic carbocycles. The van der Waals surface area contributed by atoms with Crippen LogP contribution < -0.4 is 21.3 Å². The predicted octanol–water partition coefficient (Wildman–Crippen LogP) is 5.53. The summed E-state index contributed by atoms with van der Waals surface area (Å²) >= 11 is 1.41. The van der Waals surface area contributed by atoms with Gasteiger partial charge in [-0.05, 0) is 64.2 Å². The van der Waals surface area contributed by atoms with Crippen LogP contribution in [0, 0.1) is 5.92 Å². The Morgan fingerprint density at radius 3 is 1.81 bits per heavy atom. The molecular weight excluding hydrogens is 741 g/mol. The smallest absolute Gasteiger partial charge is 0.307 e. The lowest BCUT2D eigenvalue weighted by Crippen LogP contribution is -2.57. The third-order valence-corrected chi connectivity index (χ3v) is 10.8. The van der Waals surface area contributed by atoms with Crippen molar-refractivity contribution in [1.29, 1.82) is 0 Å². The van der Waals surface area contributed by atoms with E-state index >= 15 is 0 Å². The Morgan fingerprint density at radius 1 is 0.579 bits per heavy atom. The Morgan fingerprint density at radius 2 is 1.16 bits per heavy atom. The van der Waals surface area contributed by atoms with Crippen molar-refractivity contribution in [3.8, 4) is 11.1 Å². The first-order chi connectivity index (χ1) is 27.6. The Bertz CT molecular complexity index is 2160. The molecule has 4 amide bonds. The van der Waals surface area contributed by atoms with Crippen molar-refractivity contribution in [2.75, 3.05) is 5.32 Å². The highest BCUT2D eigenvalue weighted by atomic mass is 32.1. The standard InChI is InChI=1S/C45H44N4O7S/c50-40-27-34(45(55)56)24-30-15-19-35(20-16-30)46-41(51)21-22-42(52)47-39(28-36-12-7-23-57-36)44(54)49-38(43(53)48-37(40)25-29-8-3-1-4-9-29)26-31-13-17-33(18-14-31)32-10-5-2-6-11-32/h1-20,23,34,37-39H,21-22,24-28H2,(H,46,51)(H,47,52)(H,48,53)(H,49,54)(H,55,56)/t34-,37-,38+,39-/m0/s1. The molecule has 0 saturated heterocycles. The minimum atomic E-state index is -1.19. The molecular formula is C45H44N4O7S. The molecule has 0 saturated carbocycles. The van der Waals surface area contributed by atoms with Gasteiger partial charge in [-0.25, -0.2) is 0 Å². The third-order valence-electron chi connectivity index (χ3n) is 9.85. The zero-order valence-corrected chi connectivity index (χ0v) is 32.0. The van der Waals surface area contributed by atoms with Crippen LogP contribution in [-0.2, 0) is 54.5 Å². The summed E-state index contributed by atoms with van der Waals surface area (Å²) in [6.45, 7) is 0. The van der Waals surface area contributed by atoms with Gasteiger partial charge in [0, 0.05) is 42.7 Å². The minimum absolute atomic E-state index is 0.0325. The summed E-state index contributed by atoms with van der Waals surface area (Å²) < 4.78 is 0. The van der Waals surface area contributed by atoms with Gasteiger partial charge >= 0.3 is 5.97 Å². The predicted molar refractivity (Wildman–Crippen MR) is 218 cm³/mol. The molecule has 1 aromatic heterocycles. The maximum atomic E-state index is 14.4. The molecule has 12 heteroatoms. The van der Waals surface area contributed by atoms with E-state index in [2.05, 4.69) is 21.3 Å². The van der Waals surface area contributed by atoms with Crippen molar-refractivity contribution >= 4 is 52.4 Å². The number of nitrogens with one attached hydrogen (secondary N) is 4. The van der Waals surface area contributed by atoms with E-state index in [1.54, 1.807) is 24.3 Å². The molecule has 3 heterocycles. The van der Waals surface area contributed by atoms with Gasteiger partial charge in [0.2, 0.25) is 23.6 Å². The number of hydrogen-bond donors (Lipinski definition) is 5. The van der Waals surface area contributed by atoms with Crippen LogP contribution in [0.4, 0.5) is 5.69 Å². The molecule has 4 atom stereocenters. The Labute approximate surface area is 334 Å². The number of fused-ring (bicyclic) bond motifs is 18. The normalized spacial score (nSPS) is 20.0. The summed E-state index contributed by atoms with van der Waals surface area (Å²) in [4.78, 5) is 82.0. The molecule has 2 bridgehead atoms. The van der Waals surface area contributed by atoms with Crippen LogP contribution in [0.25, 0.3) is 11.1 Å². The van der Waals surface area contributed by atoms with Crippen molar-refractivity contribution in [3.05, 3.63) is 148 Å². The topological polar surface area (TPSA) is 171 Å².